The van der Waals surface area contributed by atoms with E-state index in [1.807, 2.05) is 12.3 Å². The standard InChI is InChI=1S/C12H10INS/c13-11-6-7-12(14-8-11)15-9-10-4-2-1-3-5-10/h1-8H,9H2. The minimum atomic E-state index is 0.981. The average Bonchev–Trinajstić information content (AvgIpc) is 2.30. The zero-order valence-corrected chi connectivity index (χ0v) is 11.0. The number of halogens is 1. The van der Waals surface area contributed by atoms with E-state index in [4.69, 9.17) is 0 Å². The number of hydrogen-bond acceptors (Lipinski definition) is 2. The second-order valence-corrected chi connectivity index (χ2v) is 5.33. The monoisotopic (exact) mass is 327 g/mol. The molecule has 1 heterocycles. The van der Waals surface area contributed by atoms with Crippen LogP contribution >= 0.6 is 34.4 Å². The first-order valence-electron chi connectivity index (χ1n) is 4.63. The zero-order chi connectivity index (χ0) is 10.5. The molecule has 0 aliphatic carbocycles. The third kappa shape index (κ3) is 3.50. The van der Waals surface area contributed by atoms with Crippen LogP contribution in [-0.2, 0) is 5.75 Å². The Balaban J connectivity index is 1.96. The molecule has 0 spiro atoms. The molecule has 1 aromatic heterocycles. The first kappa shape index (κ1) is 11.0. The van der Waals surface area contributed by atoms with Gasteiger partial charge in [0.1, 0.15) is 0 Å². The molecule has 1 nitrogen and oxygen atoms in total. The lowest BCUT2D eigenvalue weighted by atomic mass is 10.2. The Hall–Kier alpha value is -0.550. The van der Waals surface area contributed by atoms with Gasteiger partial charge in [0.2, 0.25) is 0 Å². The topological polar surface area (TPSA) is 12.9 Å². The van der Waals surface area contributed by atoms with Crippen molar-refractivity contribution in [2.45, 2.75) is 10.8 Å². The van der Waals surface area contributed by atoms with Crippen LogP contribution in [0.25, 0.3) is 0 Å². The van der Waals surface area contributed by atoms with Crippen molar-refractivity contribution in [2.24, 2.45) is 0 Å². The molecule has 0 saturated carbocycles. The van der Waals surface area contributed by atoms with Crippen LogP contribution in [0.5, 0.6) is 0 Å². The van der Waals surface area contributed by atoms with Gasteiger partial charge in [0.25, 0.3) is 0 Å². The van der Waals surface area contributed by atoms with Gasteiger partial charge in [-0.15, -0.1) is 11.8 Å². The number of benzene rings is 1. The van der Waals surface area contributed by atoms with E-state index in [2.05, 4.69) is 64.0 Å². The van der Waals surface area contributed by atoms with E-state index in [-0.39, 0.29) is 0 Å². The highest BCUT2D eigenvalue weighted by Gasteiger charge is 1.96. The molecule has 0 aliphatic rings. The van der Waals surface area contributed by atoms with Gasteiger partial charge < -0.3 is 0 Å². The van der Waals surface area contributed by atoms with E-state index >= 15 is 0 Å². The smallest absolute Gasteiger partial charge is 0.0963 e. The first-order chi connectivity index (χ1) is 7.34. The van der Waals surface area contributed by atoms with Crippen LogP contribution in [0.1, 0.15) is 5.56 Å². The molecular formula is C12H10INS. The van der Waals surface area contributed by atoms with Crippen molar-refractivity contribution in [3.05, 3.63) is 57.8 Å². The van der Waals surface area contributed by atoms with Gasteiger partial charge in [0.15, 0.2) is 0 Å². The number of pyridine rings is 1. The molecule has 15 heavy (non-hydrogen) atoms. The maximum absolute atomic E-state index is 4.35. The van der Waals surface area contributed by atoms with Gasteiger partial charge in [-0.1, -0.05) is 30.3 Å². The Morgan fingerprint density at radius 1 is 1.07 bits per heavy atom. The molecule has 0 unspecified atom stereocenters. The first-order valence-corrected chi connectivity index (χ1v) is 6.69. The molecule has 0 bridgehead atoms. The van der Waals surface area contributed by atoms with E-state index < -0.39 is 0 Å². The average molecular weight is 327 g/mol. The van der Waals surface area contributed by atoms with E-state index in [0.29, 0.717) is 0 Å². The predicted octanol–water partition coefficient (Wildman–Crippen LogP) is 3.98. The van der Waals surface area contributed by atoms with Crippen molar-refractivity contribution in [3.63, 3.8) is 0 Å². The summed E-state index contributed by atoms with van der Waals surface area (Å²) in [5.41, 5.74) is 1.34. The fraction of sp³-hybridized carbons (Fsp3) is 0.0833. The van der Waals surface area contributed by atoms with Crippen LogP contribution in [0, 0.1) is 3.57 Å². The maximum Gasteiger partial charge on any atom is 0.0963 e. The van der Waals surface area contributed by atoms with E-state index in [1.54, 1.807) is 11.8 Å². The highest BCUT2D eigenvalue weighted by Crippen LogP contribution is 2.20. The van der Waals surface area contributed by atoms with Gasteiger partial charge in [0.05, 0.1) is 5.03 Å². The third-order valence-corrected chi connectivity index (χ3v) is 3.58. The fourth-order valence-corrected chi connectivity index (χ4v) is 2.30. The molecule has 76 valence electrons. The van der Waals surface area contributed by atoms with E-state index in [1.165, 1.54) is 9.13 Å². The molecule has 1 aromatic carbocycles. The zero-order valence-electron chi connectivity index (χ0n) is 8.06. The molecule has 2 rings (SSSR count). The quantitative estimate of drug-likeness (QED) is 0.625. The molecule has 0 aliphatic heterocycles. The summed E-state index contributed by atoms with van der Waals surface area (Å²) in [6.07, 6.45) is 1.90. The number of nitrogens with zero attached hydrogens (tertiary/aromatic N) is 1. The minimum absolute atomic E-state index is 0.981. The summed E-state index contributed by atoms with van der Waals surface area (Å²) in [4.78, 5) is 4.35. The summed E-state index contributed by atoms with van der Waals surface area (Å²) in [6.45, 7) is 0. The molecule has 2 aromatic rings. The van der Waals surface area contributed by atoms with Gasteiger partial charge in [-0.2, -0.15) is 0 Å². The summed E-state index contributed by atoms with van der Waals surface area (Å²) in [5, 5.41) is 1.08. The number of hydrogen-bond donors (Lipinski definition) is 0. The Kier molecular flexibility index (Phi) is 4.02. The number of rotatable bonds is 3. The Morgan fingerprint density at radius 2 is 1.87 bits per heavy atom. The van der Waals surface area contributed by atoms with Crippen molar-refractivity contribution in [3.8, 4) is 0 Å². The second-order valence-electron chi connectivity index (χ2n) is 3.09. The van der Waals surface area contributed by atoms with Crippen LogP contribution in [0.2, 0.25) is 0 Å². The van der Waals surface area contributed by atoms with Gasteiger partial charge in [-0.25, -0.2) is 4.98 Å². The lowest BCUT2D eigenvalue weighted by Gasteiger charge is -2.00. The normalized spacial score (nSPS) is 10.2. The summed E-state index contributed by atoms with van der Waals surface area (Å²) < 4.78 is 1.18. The number of aromatic nitrogens is 1. The Labute approximate surface area is 107 Å². The summed E-state index contributed by atoms with van der Waals surface area (Å²) in [7, 11) is 0. The molecular weight excluding hydrogens is 317 g/mol. The van der Waals surface area contributed by atoms with Gasteiger partial charge in [-0.05, 0) is 40.3 Å². The molecule has 0 amide bonds. The summed E-state index contributed by atoms with van der Waals surface area (Å²) >= 11 is 4.03. The molecule has 0 atom stereocenters. The molecule has 0 fully saturated rings. The second kappa shape index (κ2) is 5.51. The number of thioether (sulfide) groups is 1. The van der Waals surface area contributed by atoms with Gasteiger partial charge in [0, 0.05) is 15.5 Å². The largest absolute Gasteiger partial charge is 0.249 e. The highest BCUT2D eigenvalue weighted by atomic mass is 127. The minimum Gasteiger partial charge on any atom is -0.249 e. The van der Waals surface area contributed by atoms with Crippen LogP contribution in [0.15, 0.2) is 53.7 Å². The van der Waals surface area contributed by atoms with Crippen LogP contribution in [-0.4, -0.2) is 4.98 Å². The van der Waals surface area contributed by atoms with Gasteiger partial charge in [-0.3, -0.25) is 0 Å². The van der Waals surface area contributed by atoms with Crippen LogP contribution < -0.4 is 0 Å². The summed E-state index contributed by atoms with van der Waals surface area (Å²) in [5.74, 6) is 0.981. The van der Waals surface area contributed by atoms with Crippen molar-refractivity contribution in [1.82, 2.24) is 4.98 Å². The highest BCUT2D eigenvalue weighted by molar-refractivity contribution is 14.1. The van der Waals surface area contributed by atoms with Gasteiger partial charge >= 0.3 is 0 Å². The third-order valence-electron chi connectivity index (χ3n) is 1.93. The van der Waals surface area contributed by atoms with Crippen molar-refractivity contribution >= 4 is 34.4 Å². The van der Waals surface area contributed by atoms with E-state index in [9.17, 15) is 0 Å². The van der Waals surface area contributed by atoms with Crippen molar-refractivity contribution in [1.29, 1.82) is 0 Å². The van der Waals surface area contributed by atoms with Crippen LogP contribution in [0.4, 0.5) is 0 Å². The lowest BCUT2D eigenvalue weighted by Crippen LogP contribution is -1.83. The Morgan fingerprint density at radius 3 is 2.53 bits per heavy atom. The predicted molar refractivity (Wildman–Crippen MR) is 73.0 cm³/mol. The molecule has 0 radical (unpaired) electrons. The summed E-state index contributed by atoms with van der Waals surface area (Å²) in [6, 6.07) is 14.6. The van der Waals surface area contributed by atoms with E-state index in [0.717, 1.165) is 10.8 Å². The lowest BCUT2D eigenvalue weighted by molar-refractivity contribution is 1.12. The Bertz CT molecular complexity index is 413. The van der Waals surface area contributed by atoms with Crippen molar-refractivity contribution in [2.75, 3.05) is 0 Å². The maximum atomic E-state index is 4.35. The fourth-order valence-electron chi connectivity index (χ4n) is 1.18. The molecule has 0 saturated heterocycles. The van der Waals surface area contributed by atoms with Crippen molar-refractivity contribution < 1.29 is 0 Å². The van der Waals surface area contributed by atoms with Crippen LogP contribution in [0.3, 0.4) is 0 Å². The SMILES string of the molecule is Ic1ccc(SCc2ccccc2)nc1. The molecule has 0 N–H and O–H groups in total. The molecule has 3 heteroatoms.